The van der Waals surface area contributed by atoms with Crippen molar-refractivity contribution < 1.29 is 35.9 Å². The molecule has 1 saturated heterocycles. The summed E-state index contributed by atoms with van der Waals surface area (Å²) in [6, 6.07) is 18.7. The molecule has 0 spiro atoms. The van der Waals surface area contributed by atoms with Gasteiger partial charge in [0.05, 0.1) is 6.04 Å². The summed E-state index contributed by atoms with van der Waals surface area (Å²) in [7, 11) is 0. The fourth-order valence-electron chi connectivity index (χ4n) is 4.59. The molecule has 196 valence electrons. The summed E-state index contributed by atoms with van der Waals surface area (Å²) < 4.78 is 73.6. The molecule has 1 amide bonds. The van der Waals surface area contributed by atoms with Crippen molar-refractivity contribution in [3.05, 3.63) is 95.6 Å². The largest absolute Gasteiger partial charge is 0.483 e. The second-order valence-electron chi connectivity index (χ2n) is 9.23. The zero-order chi connectivity index (χ0) is 27.4. The van der Waals surface area contributed by atoms with E-state index in [2.05, 4.69) is 4.98 Å². The summed E-state index contributed by atoms with van der Waals surface area (Å²) in [6.07, 6.45) is -6.74. The van der Waals surface area contributed by atoms with Gasteiger partial charge in [0.1, 0.15) is 11.5 Å². The number of alkyl halides is 3. The highest BCUT2D eigenvalue weighted by Gasteiger charge is 2.44. The number of anilines is 1. The van der Waals surface area contributed by atoms with E-state index in [-0.39, 0.29) is 18.0 Å². The standard InChI is InChI=1S/C26H24F4N2O.CF2O/c1-25(2,22-13-8-14-23(31-22)26(28,29)30)16-17-15-21(19-11-6-7-12-20(19)27)32(24(17)33)18-9-4-3-5-10-18;2-1(3)4/h3-14,17,21H,15-16H2,1-2H3;/t17-,21+;/m0./s1. The van der Waals surface area contributed by atoms with E-state index in [1.807, 2.05) is 18.2 Å². The maximum Gasteiger partial charge on any atom is 0.483 e. The summed E-state index contributed by atoms with van der Waals surface area (Å²) in [6.45, 7) is 3.57. The molecule has 2 atom stereocenters. The van der Waals surface area contributed by atoms with Crippen LogP contribution in [0.1, 0.15) is 49.7 Å². The monoisotopic (exact) mass is 522 g/mol. The minimum atomic E-state index is -4.55. The van der Waals surface area contributed by atoms with E-state index < -0.39 is 41.4 Å². The van der Waals surface area contributed by atoms with Crippen LogP contribution in [0.25, 0.3) is 0 Å². The molecule has 10 heteroatoms. The first kappa shape index (κ1) is 27.9. The van der Waals surface area contributed by atoms with Crippen molar-refractivity contribution >= 4 is 17.9 Å². The highest BCUT2D eigenvalue weighted by molar-refractivity contribution is 5.98. The number of hydrogen-bond acceptors (Lipinski definition) is 3. The van der Waals surface area contributed by atoms with Crippen LogP contribution in [0.4, 0.5) is 36.8 Å². The van der Waals surface area contributed by atoms with E-state index in [9.17, 15) is 31.1 Å². The fraction of sp³-hybridized carbons (Fsp3) is 0.296. The first-order valence-corrected chi connectivity index (χ1v) is 11.3. The molecular formula is C27H24F6N2O2. The van der Waals surface area contributed by atoms with Crippen molar-refractivity contribution in [2.75, 3.05) is 4.90 Å². The quantitative estimate of drug-likeness (QED) is 0.254. The second kappa shape index (κ2) is 11.1. The van der Waals surface area contributed by atoms with Gasteiger partial charge in [-0.25, -0.2) is 14.2 Å². The average molecular weight is 522 g/mol. The third-order valence-electron chi connectivity index (χ3n) is 6.19. The van der Waals surface area contributed by atoms with E-state index in [1.165, 1.54) is 12.1 Å². The van der Waals surface area contributed by atoms with Crippen LogP contribution in [-0.4, -0.2) is 17.2 Å². The zero-order valence-corrected chi connectivity index (χ0v) is 20.0. The van der Waals surface area contributed by atoms with Crippen LogP contribution in [-0.2, 0) is 16.4 Å². The van der Waals surface area contributed by atoms with Crippen molar-refractivity contribution in [1.29, 1.82) is 0 Å². The number of aromatic nitrogens is 1. The van der Waals surface area contributed by atoms with Crippen LogP contribution in [0.2, 0.25) is 0 Å². The number of rotatable bonds is 5. The number of carbonyl (C=O) groups excluding carboxylic acids is 2. The Balaban J connectivity index is 0.000000886. The fourth-order valence-corrected chi connectivity index (χ4v) is 4.59. The first-order valence-electron chi connectivity index (χ1n) is 11.3. The Hall–Kier alpha value is -3.69. The molecule has 1 aromatic heterocycles. The zero-order valence-electron chi connectivity index (χ0n) is 20.0. The molecule has 2 heterocycles. The van der Waals surface area contributed by atoms with Crippen LogP contribution in [0.15, 0.2) is 72.8 Å². The summed E-state index contributed by atoms with van der Waals surface area (Å²) in [5.74, 6) is -1.06. The molecule has 4 rings (SSSR count). The molecule has 1 aliphatic heterocycles. The summed E-state index contributed by atoms with van der Waals surface area (Å²) in [5, 5.41) is 0. The SMILES string of the molecule is CC(C)(C[C@@H]1C[C@H](c2ccccc2F)N(c2ccccc2)C1=O)c1cccc(C(F)(F)F)n1.O=C(F)F. The van der Waals surface area contributed by atoms with E-state index in [0.29, 0.717) is 17.7 Å². The highest BCUT2D eigenvalue weighted by atomic mass is 19.4. The number of para-hydroxylation sites is 1. The Morgan fingerprint density at radius 3 is 2.08 bits per heavy atom. The smallest absolute Gasteiger partial charge is 0.305 e. The Morgan fingerprint density at radius 2 is 1.49 bits per heavy atom. The van der Waals surface area contributed by atoms with Crippen molar-refractivity contribution in [2.45, 2.75) is 44.3 Å². The second-order valence-corrected chi connectivity index (χ2v) is 9.23. The number of nitrogens with zero attached hydrogens (tertiary/aromatic N) is 2. The molecule has 0 bridgehead atoms. The minimum Gasteiger partial charge on any atom is -0.305 e. The van der Waals surface area contributed by atoms with Crippen molar-refractivity contribution in [3.8, 4) is 0 Å². The van der Waals surface area contributed by atoms with E-state index in [1.54, 1.807) is 55.1 Å². The van der Waals surface area contributed by atoms with Crippen LogP contribution in [0.5, 0.6) is 0 Å². The Labute approximate surface area is 209 Å². The van der Waals surface area contributed by atoms with Gasteiger partial charge in [0, 0.05) is 28.3 Å². The maximum absolute atomic E-state index is 14.7. The summed E-state index contributed by atoms with van der Waals surface area (Å²) in [4.78, 5) is 27.1. The number of carbonyl (C=O) groups is 2. The third-order valence-corrected chi connectivity index (χ3v) is 6.19. The lowest BCUT2D eigenvalue weighted by molar-refractivity contribution is -0.141. The topological polar surface area (TPSA) is 50.3 Å². The highest BCUT2D eigenvalue weighted by Crippen LogP contribution is 2.45. The van der Waals surface area contributed by atoms with Crippen LogP contribution >= 0.6 is 0 Å². The molecule has 1 fully saturated rings. The van der Waals surface area contributed by atoms with Crippen molar-refractivity contribution in [3.63, 3.8) is 0 Å². The Bertz CT molecular complexity index is 1240. The number of pyridine rings is 1. The van der Waals surface area contributed by atoms with Gasteiger partial charge in [-0.15, -0.1) is 8.78 Å². The molecule has 0 aliphatic carbocycles. The number of benzene rings is 2. The molecule has 2 aromatic carbocycles. The van der Waals surface area contributed by atoms with Crippen molar-refractivity contribution in [1.82, 2.24) is 4.98 Å². The summed E-state index contributed by atoms with van der Waals surface area (Å²) in [5.41, 5.74) is -0.402. The van der Waals surface area contributed by atoms with Gasteiger partial charge in [-0.05, 0) is 43.2 Å². The van der Waals surface area contributed by atoms with Crippen LogP contribution in [0.3, 0.4) is 0 Å². The van der Waals surface area contributed by atoms with Crippen molar-refractivity contribution in [2.24, 2.45) is 5.92 Å². The molecule has 3 aromatic rings. The van der Waals surface area contributed by atoms with Gasteiger partial charge in [-0.1, -0.05) is 56.3 Å². The summed E-state index contributed by atoms with van der Waals surface area (Å²) >= 11 is 0. The molecule has 1 aliphatic rings. The van der Waals surface area contributed by atoms with Gasteiger partial charge in [0.2, 0.25) is 5.91 Å². The molecule has 0 radical (unpaired) electrons. The van der Waals surface area contributed by atoms with Gasteiger partial charge in [-0.2, -0.15) is 13.2 Å². The number of amides is 1. The number of hydrogen-bond donors (Lipinski definition) is 0. The van der Waals surface area contributed by atoms with E-state index in [4.69, 9.17) is 4.79 Å². The van der Waals surface area contributed by atoms with Gasteiger partial charge < -0.3 is 4.90 Å². The van der Waals surface area contributed by atoms with Gasteiger partial charge in [-0.3, -0.25) is 4.79 Å². The Morgan fingerprint density at radius 1 is 0.919 bits per heavy atom. The maximum atomic E-state index is 14.7. The van der Waals surface area contributed by atoms with Gasteiger partial charge in [0.15, 0.2) is 0 Å². The third kappa shape index (κ3) is 6.75. The van der Waals surface area contributed by atoms with E-state index >= 15 is 0 Å². The normalized spacial score (nSPS) is 17.8. The Kier molecular flexibility index (Phi) is 8.40. The molecule has 0 N–H and O–H groups in total. The lowest BCUT2D eigenvalue weighted by Gasteiger charge is -2.27. The lowest BCUT2D eigenvalue weighted by atomic mass is 9.78. The predicted molar refractivity (Wildman–Crippen MR) is 126 cm³/mol. The minimum absolute atomic E-state index is 0.172. The van der Waals surface area contributed by atoms with Crippen LogP contribution < -0.4 is 4.90 Å². The first-order chi connectivity index (χ1) is 17.3. The average Bonchev–Trinajstić information content (AvgIpc) is 3.14. The number of halogens is 6. The predicted octanol–water partition coefficient (Wildman–Crippen LogP) is 7.75. The van der Waals surface area contributed by atoms with Gasteiger partial charge >= 0.3 is 12.5 Å². The molecule has 0 saturated carbocycles. The lowest BCUT2D eigenvalue weighted by Crippen LogP contribution is -2.32. The van der Waals surface area contributed by atoms with Gasteiger partial charge in [0.25, 0.3) is 0 Å². The molecule has 0 unspecified atom stereocenters. The molecule has 4 nitrogen and oxygen atoms in total. The van der Waals surface area contributed by atoms with Crippen LogP contribution in [0, 0.1) is 11.7 Å². The molecule has 37 heavy (non-hydrogen) atoms. The molecular weight excluding hydrogens is 498 g/mol. The van der Waals surface area contributed by atoms with E-state index in [0.717, 1.165) is 6.07 Å².